The Morgan fingerprint density at radius 3 is 2.75 bits per heavy atom. The minimum Gasteiger partial charge on any atom is -0.496 e. The molecule has 0 radical (unpaired) electrons. The number of benzene rings is 2. The van der Waals surface area contributed by atoms with Crippen molar-refractivity contribution in [2.75, 3.05) is 7.11 Å². The van der Waals surface area contributed by atoms with Crippen LogP contribution in [0, 0.1) is 6.92 Å². The van der Waals surface area contributed by atoms with Gasteiger partial charge in [0.05, 0.1) is 12.6 Å². The minimum atomic E-state index is 0.760. The maximum absolute atomic E-state index is 6.32. The van der Waals surface area contributed by atoms with E-state index in [0.717, 1.165) is 33.8 Å². The summed E-state index contributed by atoms with van der Waals surface area (Å²) in [6.45, 7) is 2.81. The standard InChI is InChI=1S/C17H16ClNO/c1-12-6-7-13(15(18)10-12)11-19-9-8-14-16(19)4-3-5-17(14)20-2/h3-10H,11H2,1-2H3. The molecule has 2 aromatic carbocycles. The number of aryl methyl sites for hydroxylation is 1. The summed E-state index contributed by atoms with van der Waals surface area (Å²) in [5.74, 6) is 0.899. The molecular weight excluding hydrogens is 270 g/mol. The smallest absolute Gasteiger partial charge is 0.128 e. The predicted molar refractivity (Wildman–Crippen MR) is 83.8 cm³/mol. The van der Waals surface area contributed by atoms with Crippen molar-refractivity contribution in [3.8, 4) is 5.75 Å². The van der Waals surface area contributed by atoms with E-state index in [-0.39, 0.29) is 0 Å². The number of methoxy groups -OCH3 is 1. The molecule has 20 heavy (non-hydrogen) atoms. The predicted octanol–water partition coefficient (Wildman–Crippen LogP) is 4.66. The maximum atomic E-state index is 6.32. The lowest BCUT2D eigenvalue weighted by Crippen LogP contribution is -1.99. The van der Waals surface area contributed by atoms with Gasteiger partial charge in [0.2, 0.25) is 0 Å². The summed E-state index contributed by atoms with van der Waals surface area (Å²) in [7, 11) is 1.70. The maximum Gasteiger partial charge on any atom is 0.128 e. The van der Waals surface area contributed by atoms with E-state index in [9.17, 15) is 0 Å². The average molecular weight is 286 g/mol. The van der Waals surface area contributed by atoms with Crippen LogP contribution in [-0.4, -0.2) is 11.7 Å². The molecule has 1 heterocycles. The van der Waals surface area contributed by atoms with Gasteiger partial charge in [-0.25, -0.2) is 0 Å². The average Bonchev–Trinajstić information content (AvgIpc) is 2.85. The molecule has 0 saturated carbocycles. The molecule has 3 aromatic rings. The first-order valence-electron chi connectivity index (χ1n) is 6.56. The number of ether oxygens (including phenoxy) is 1. The van der Waals surface area contributed by atoms with Crippen LogP contribution in [0.5, 0.6) is 5.75 Å². The summed E-state index contributed by atoms with van der Waals surface area (Å²) in [5, 5.41) is 1.94. The van der Waals surface area contributed by atoms with Crippen LogP contribution >= 0.6 is 11.6 Å². The van der Waals surface area contributed by atoms with Gasteiger partial charge in [-0.2, -0.15) is 0 Å². The molecule has 1 aromatic heterocycles. The van der Waals surface area contributed by atoms with Crippen LogP contribution in [0.25, 0.3) is 10.9 Å². The fourth-order valence-corrected chi connectivity index (χ4v) is 2.77. The number of aromatic nitrogens is 1. The second-order valence-corrected chi connectivity index (χ2v) is 5.34. The first-order valence-corrected chi connectivity index (χ1v) is 6.93. The first-order chi connectivity index (χ1) is 9.69. The lowest BCUT2D eigenvalue weighted by atomic mass is 10.1. The lowest BCUT2D eigenvalue weighted by Gasteiger charge is -2.09. The van der Waals surface area contributed by atoms with Gasteiger partial charge in [-0.3, -0.25) is 0 Å². The Hall–Kier alpha value is -1.93. The van der Waals surface area contributed by atoms with Gasteiger partial charge in [-0.05, 0) is 42.3 Å². The molecule has 0 aliphatic rings. The van der Waals surface area contributed by atoms with Gasteiger partial charge >= 0.3 is 0 Å². The van der Waals surface area contributed by atoms with Crippen molar-refractivity contribution >= 4 is 22.5 Å². The third-order valence-corrected chi connectivity index (χ3v) is 3.89. The van der Waals surface area contributed by atoms with Crippen molar-refractivity contribution in [1.82, 2.24) is 4.57 Å². The van der Waals surface area contributed by atoms with E-state index in [0.29, 0.717) is 0 Å². The van der Waals surface area contributed by atoms with Crippen LogP contribution in [-0.2, 0) is 6.54 Å². The fourth-order valence-electron chi connectivity index (χ4n) is 2.48. The van der Waals surface area contributed by atoms with Crippen LogP contribution in [0.4, 0.5) is 0 Å². The Balaban J connectivity index is 2.03. The Bertz CT molecular complexity index is 761. The highest BCUT2D eigenvalue weighted by Crippen LogP contribution is 2.27. The second-order valence-electron chi connectivity index (χ2n) is 4.93. The summed E-state index contributed by atoms with van der Waals surface area (Å²) in [6.07, 6.45) is 2.07. The zero-order chi connectivity index (χ0) is 14.1. The van der Waals surface area contributed by atoms with Crippen molar-refractivity contribution in [3.05, 3.63) is 64.8 Å². The highest BCUT2D eigenvalue weighted by atomic mass is 35.5. The molecular formula is C17H16ClNO. The van der Waals surface area contributed by atoms with Crippen LogP contribution in [0.1, 0.15) is 11.1 Å². The van der Waals surface area contributed by atoms with E-state index in [1.807, 2.05) is 25.1 Å². The first kappa shape index (κ1) is 13.1. The molecule has 0 fully saturated rings. The highest BCUT2D eigenvalue weighted by molar-refractivity contribution is 6.31. The second kappa shape index (κ2) is 5.22. The van der Waals surface area contributed by atoms with E-state index in [4.69, 9.17) is 16.3 Å². The molecule has 0 amide bonds. The summed E-state index contributed by atoms with van der Waals surface area (Å²) in [6, 6.07) is 14.3. The number of rotatable bonds is 3. The Kier molecular flexibility index (Phi) is 3.41. The molecule has 102 valence electrons. The van der Waals surface area contributed by atoms with E-state index in [1.54, 1.807) is 7.11 Å². The van der Waals surface area contributed by atoms with Crippen molar-refractivity contribution in [2.45, 2.75) is 13.5 Å². The van der Waals surface area contributed by atoms with Gasteiger partial charge in [0, 0.05) is 23.2 Å². The zero-order valence-corrected chi connectivity index (χ0v) is 12.3. The zero-order valence-electron chi connectivity index (χ0n) is 11.6. The van der Waals surface area contributed by atoms with E-state index in [2.05, 4.69) is 35.0 Å². The largest absolute Gasteiger partial charge is 0.496 e. The summed E-state index contributed by atoms with van der Waals surface area (Å²) in [4.78, 5) is 0. The monoisotopic (exact) mass is 285 g/mol. The Morgan fingerprint density at radius 2 is 2.00 bits per heavy atom. The highest BCUT2D eigenvalue weighted by Gasteiger charge is 2.07. The molecule has 0 unspecified atom stereocenters. The topological polar surface area (TPSA) is 14.2 Å². The number of hydrogen-bond donors (Lipinski definition) is 0. The molecule has 3 heteroatoms. The van der Waals surface area contributed by atoms with Crippen LogP contribution in [0.3, 0.4) is 0 Å². The van der Waals surface area contributed by atoms with Crippen LogP contribution in [0.15, 0.2) is 48.7 Å². The van der Waals surface area contributed by atoms with E-state index >= 15 is 0 Å². The van der Waals surface area contributed by atoms with Crippen molar-refractivity contribution in [1.29, 1.82) is 0 Å². The van der Waals surface area contributed by atoms with Gasteiger partial charge in [-0.1, -0.05) is 29.8 Å². The fraction of sp³-hybridized carbons (Fsp3) is 0.176. The third kappa shape index (κ3) is 2.27. The molecule has 3 rings (SSSR count). The van der Waals surface area contributed by atoms with Gasteiger partial charge in [0.15, 0.2) is 0 Å². The van der Waals surface area contributed by atoms with Crippen molar-refractivity contribution in [3.63, 3.8) is 0 Å². The Morgan fingerprint density at radius 1 is 1.15 bits per heavy atom. The van der Waals surface area contributed by atoms with Gasteiger partial charge in [-0.15, -0.1) is 0 Å². The minimum absolute atomic E-state index is 0.760. The SMILES string of the molecule is COc1cccc2c1ccn2Cc1ccc(C)cc1Cl. The number of halogens is 1. The van der Waals surface area contributed by atoms with E-state index < -0.39 is 0 Å². The number of nitrogens with zero attached hydrogens (tertiary/aromatic N) is 1. The summed E-state index contributed by atoms with van der Waals surface area (Å²) >= 11 is 6.32. The Labute approximate surface area is 123 Å². The third-order valence-electron chi connectivity index (χ3n) is 3.54. The molecule has 0 aliphatic heterocycles. The summed E-state index contributed by atoms with van der Waals surface area (Å²) in [5.41, 5.74) is 3.45. The van der Waals surface area contributed by atoms with Crippen molar-refractivity contribution in [2.24, 2.45) is 0 Å². The number of hydrogen-bond acceptors (Lipinski definition) is 1. The molecule has 0 spiro atoms. The quantitative estimate of drug-likeness (QED) is 0.683. The lowest BCUT2D eigenvalue weighted by molar-refractivity contribution is 0.420. The van der Waals surface area contributed by atoms with Crippen molar-refractivity contribution < 1.29 is 4.74 Å². The molecule has 0 atom stereocenters. The molecule has 0 saturated heterocycles. The van der Waals surface area contributed by atoms with Crippen LogP contribution < -0.4 is 4.74 Å². The molecule has 0 N–H and O–H groups in total. The number of fused-ring (bicyclic) bond motifs is 1. The summed E-state index contributed by atoms with van der Waals surface area (Å²) < 4.78 is 7.58. The van der Waals surface area contributed by atoms with Gasteiger partial charge in [0.25, 0.3) is 0 Å². The van der Waals surface area contributed by atoms with Gasteiger partial charge < -0.3 is 9.30 Å². The molecule has 2 nitrogen and oxygen atoms in total. The normalized spacial score (nSPS) is 10.9. The van der Waals surface area contributed by atoms with Gasteiger partial charge in [0.1, 0.15) is 5.75 Å². The molecule has 0 bridgehead atoms. The molecule has 0 aliphatic carbocycles. The van der Waals surface area contributed by atoms with Crippen LogP contribution in [0.2, 0.25) is 5.02 Å². The van der Waals surface area contributed by atoms with E-state index in [1.165, 1.54) is 5.56 Å².